The maximum absolute atomic E-state index is 10.3. The summed E-state index contributed by atoms with van der Waals surface area (Å²) in [5, 5.41) is 43.1. The summed E-state index contributed by atoms with van der Waals surface area (Å²) in [6.45, 7) is 0.687. The van der Waals surface area contributed by atoms with Crippen LogP contribution in [0, 0.1) is 0 Å². The van der Waals surface area contributed by atoms with Crippen molar-refractivity contribution in [2.75, 3.05) is 0 Å². The first-order valence-corrected chi connectivity index (χ1v) is 3.26. The zero-order chi connectivity index (χ0) is 10.8. The third-order valence-electron chi connectivity index (χ3n) is 1.56. The SMILES string of the molecule is C[C@@](O)(C(=O)O)[C@H](O)[C@H](O)C(=O)O. The molecule has 0 unspecified atom stereocenters. The number of carboxylic acid groups (broad SMARTS) is 2. The van der Waals surface area contributed by atoms with Crippen molar-refractivity contribution in [1.82, 2.24) is 0 Å². The molecular formula is C6H10O7. The van der Waals surface area contributed by atoms with E-state index in [0.717, 1.165) is 0 Å². The highest BCUT2D eigenvalue weighted by Gasteiger charge is 2.45. The van der Waals surface area contributed by atoms with E-state index >= 15 is 0 Å². The number of carbonyl (C=O) groups is 2. The van der Waals surface area contributed by atoms with Crippen molar-refractivity contribution < 1.29 is 35.1 Å². The molecule has 0 saturated heterocycles. The molecule has 5 N–H and O–H groups in total. The minimum Gasteiger partial charge on any atom is -0.479 e. The van der Waals surface area contributed by atoms with Crippen molar-refractivity contribution in [1.29, 1.82) is 0 Å². The van der Waals surface area contributed by atoms with Crippen LogP contribution in [0.3, 0.4) is 0 Å². The monoisotopic (exact) mass is 194 g/mol. The molecule has 0 rings (SSSR count). The van der Waals surface area contributed by atoms with E-state index < -0.39 is 29.7 Å². The van der Waals surface area contributed by atoms with Crippen LogP contribution in [0.25, 0.3) is 0 Å². The van der Waals surface area contributed by atoms with Gasteiger partial charge >= 0.3 is 11.9 Å². The van der Waals surface area contributed by atoms with Gasteiger partial charge in [-0.25, -0.2) is 9.59 Å². The molecule has 0 amide bonds. The normalized spacial score (nSPS) is 20.0. The lowest BCUT2D eigenvalue weighted by Gasteiger charge is -2.26. The van der Waals surface area contributed by atoms with E-state index in [1.54, 1.807) is 0 Å². The van der Waals surface area contributed by atoms with Crippen molar-refractivity contribution >= 4 is 11.9 Å². The Hall–Kier alpha value is -1.18. The summed E-state index contributed by atoms with van der Waals surface area (Å²) >= 11 is 0. The molecule has 0 aliphatic carbocycles. The Balaban J connectivity index is 4.67. The van der Waals surface area contributed by atoms with E-state index in [0.29, 0.717) is 6.92 Å². The first kappa shape index (κ1) is 11.8. The van der Waals surface area contributed by atoms with Gasteiger partial charge in [0.25, 0.3) is 0 Å². The lowest BCUT2D eigenvalue weighted by Crippen LogP contribution is -2.54. The molecule has 0 aromatic rings. The Bertz CT molecular complexity index is 221. The molecule has 0 bridgehead atoms. The summed E-state index contributed by atoms with van der Waals surface area (Å²) in [5.41, 5.74) is -2.70. The number of hydrogen-bond acceptors (Lipinski definition) is 5. The van der Waals surface area contributed by atoms with Crippen molar-refractivity contribution in [2.24, 2.45) is 0 Å². The van der Waals surface area contributed by atoms with Crippen molar-refractivity contribution in [3.63, 3.8) is 0 Å². The fourth-order valence-corrected chi connectivity index (χ4v) is 0.569. The molecule has 0 aliphatic rings. The number of aliphatic hydroxyl groups excluding tert-OH is 2. The van der Waals surface area contributed by atoms with Crippen LogP contribution in [0.2, 0.25) is 0 Å². The second-order valence-electron chi connectivity index (χ2n) is 2.68. The summed E-state index contributed by atoms with van der Waals surface area (Å²) in [5.74, 6) is -3.63. The third-order valence-corrected chi connectivity index (χ3v) is 1.56. The number of hydrogen-bond donors (Lipinski definition) is 5. The van der Waals surface area contributed by atoms with Gasteiger partial charge in [0.1, 0.15) is 6.10 Å². The fourth-order valence-electron chi connectivity index (χ4n) is 0.569. The van der Waals surface area contributed by atoms with Crippen LogP contribution < -0.4 is 0 Å². The fraction of sp³-hybridized carbons (Fsp3) is 0.667. The van der Waals surface area contributed by atoms with Gasteiger partial charge in [-0.1, -0.05) is 0 Å². The second-order valence-corrected chi connectivity index (χ2v) is 2.68. The smallest absolute Gasteiger partial charge is 0.338 e. The van der Waals surface area contributed by atoms with E-state index in [1.807, 2.05) is 0 Å². The molecule has 7 heteroatoms. The Morgan fingerprint density at radius 1 is 1.23 bits per heavy atom. The molecule has 0 aromatic heterocycles. The van der Waals surface area contributed by atoms with E-state index in [-0.39, 0.29) is 0 Å². The largest absolute Gasteiger partial charge is 0.479 e. The molecule has 0 saturated carbocycles. The van der Waals surface area contributed by atoms with Crippen LogP contribution >= 0.6 is 0 Å². The summed E-state index contributed by atoms with van der Waals surface area (Å²) in [7, 11) is 0. The third kappa shape index (κ3) is 2.38. The molecule has 0 aliphatic heterocycles. The van der Waals surface area contributed by atoms with E-state index in [9.17, 15) is 9.59 Å². The van der Waals surface area contributed by atoms with Crippen LogP contribution in [-0.2, 0) is 9.59 Å². The summed E-state index contributed by atoms with van der Waals surface area (Å²) in [6, 6.07) is 0. The average molecular weight is 194 g/mol. The van der Waals surface area contributed by atoms with Gasteiger partial charge < -0.3 is 25.5 Å². The van der Waals surface area contributed by atoms with Crippen molar-refractivity contribution in [3.8, 4) is 0 Å². The Labute approximate surface area is 72.9 Å². The highest BCUT2D eigenvalue weighted by atomic mass is 16.4. The highest BCUT2D eigenvalue weighted by Crippen LogP contribution is 2.13. The quantitative estimate of drug-likeness (QED) is 0.337. The average Bonchev–Trinajstić information content (AvgIpc) is 2.01. The Kier molecular flexibility index (Phi) is 3.35. The summed E-state index contributed by atoms with van der Waals surface area (Å²) < 4.78 is 0. The van der Waals surface area contributed by atoms with Gasteiger partial charge in [-0.3, -0.25) is 0 Å². The van der Waals surface area contributed by atoms with E-state index in [1.165, 1.54) is 0 Å². The standard InChI is InChI=1S/C6H10O7/c1-6(13,5(11)12)3(8)2(7)4(9)10/h2-3,7-8,13H,1H3,(H,9,10)(H,11,12)/t2-,3+,6-/m0/s1. The number of aliphatic carboxylic acids is 2. The maximum Gasteiger partial charge on any atom is 0.338 e. The van der Waals surface area contributed by atoms with E-state index in [4.69, 9.17) is 25.5 Å². The highest BCUT2D eigenvalue weighted by molar-refractivity contribution is 5.80. The first-order valence-electron chi connectivity index (χ1n) is 3.26. The Morgan fingerprint density at radius 2 is 1.62 bits per heavy atom. The van der Waals surface area contributed by atoms with Crippen LogP contribution in [0.15, 0.2) is 0 Å². The number of rotatable bonds is 4. The molecule has 13 heavy (non-hydrogen) atoms. The van der Waals surface area contributed by atoms with Gasteiger partial charge in [-0.15, -0.1) is 0 Å². The minimum absolute atomic E-state index is 0.687. The van der Waals surface area contributed by atoms with Crippen LogP contribution in [0.4, 0.5) is 0 Å². The second kappa shape index (κ2) is 3.69. The van der Waals surface area contributed by atoms with Gasteiger partial charge in [0.15, 0.2) is 11.7 Å². The molecule has 0 heterocycles. The van der Waals surface area contributed by atoms with Crippen LogP contribution in [0.5, 0.6) is 0 Å². The molecule has 0 aromatic carbocycles. The number of aliphatic hydroxyl groups is 3. The molecule has 7 nitrogen and oxygen atoms in total. The lowest BCUT2D eigenvalue weighted by atomic mass is 9.95. The molecule has 3 atom stereocenters. The topological polar surface area (TPSA) is 135 Å². The maximum atomic E-state index is 10.3. The Morgan fingerprint density at radius 3 is 1.85 bits per heavy atom. The molecule has 0 fully saturated rings. The zero-order valence-corrected chi connectivity index (χ0v) is 6.71. The zero-order valence-electron chi connectivity index (χ0n) is 6.71. The first-order chi connectivity index (χ1) is 5.71. The van der Waals surface area contributed by atoms with Crippen molar-refractivity contribution in [2.45, 2.75) is 24.7 Å². The summed E-state index contributed by atoms with van der Waals surface area (Å²) in [6.07, 6.45) is -4.63. The van der Waals surface area contributed by atoms with Crippen molar-refractivity contribution in [3.05, 3.63) is 0 Å². The lowest BCUT2D eigenvalue weighted by molar-refractivity contribution is -0.184. The van der Waals surface area contributed by atoms with Gasteiger partial charge in [-0.2, -0.15) is 0 Å². The van der Waals surface area contributed by atoms with Gasteiger partial charge in [0.05, 0.1) is 0 Å². The van der Waals surface area contributed by atoms with Crippen LogP contribution in [-0.4, -0.2) is 55.3 Å². The number of carboxylic acids is 2. The molecule has 76 valence electrons. The predicted molar refractivity (Wildman–Crippen MR) is 37.9 cm³/mol. The molecule has 0 radical (unpaired) electrons. The van der Waals surface area contributed by atoms with Gasteiger partial charge in [0, 0.05) is 0 Å². The van der Waals surface area contributed by atoms with Gasteiger partial charge in [0.2, 0.25) is 0 Å². The predicted octanol–water partition coefficient (Wildman–Crippen LogP) is -2.37. The minimum atomic E-state index is -2.70. The molecular weight excluding hydrogens is 184 g/mol. The van der Waals surface area contributed by atoms with Gasteiger partial charge in [-0.05, 0) is 6.92 Å². The molecule has 0 spiro atoms. The van der Waals surface area contributed by atoms with E-state index in [2.05, 4.69) is 0 Å². The summed E-state index contributed by atoms with van der Waals surface area (Å²) in [4.78, 5) is 20.4. The van der Waals surface area contributed by atoms with Crippen LogP contribution in [0.1, 0.15) is 6.92 Å².